The van der Waals surface area contributed by atoms with Crippen LogP contribution in [-0.4, -0.2) is 196 Å². The van der Waals surface area contributed by atoms with Crippen molar-refractivity contribution < 1.29 is 94.3 Å². The molecular formula is C106H146Cl2N18O20P2. The Morgan fingerprint density at radius 2 is 0.845 bits per heavy atom. The molecule has 4 saturated heterocycles. The fraction of sp³-hybridized carbons (Fsp3) is 0.585. The number of hydrogen-bond donors (Lipinski definition) is 4. The van der Waals surface area contributed by atoms with Crippen LogP contribution in [0.4, 0.5) is 11.6 Å². The van der Waals surface area contributed by atoms with Crippen LogP contribution in [0.25, 0.3) is 11.0 Å². The van der Waals surface area contributed by atoms with E-state index in [1.54, 1.807) is 138 Å². The van der Waals surface area contributed by atoms with Crippen molar-refractivity contribution in [2.75, 3.05) is 78.5 Å². The number of nitrogens with two attached hydrogens (primary N) is 2. The van der Waals surface area contributed by atoms with Crippen LogP contribution in [-0.2, 0) is 90.0 Å². The van der Waals surface area contributed by atoms with E-state index in [2.05, 4.69) is 78.5 Å². The molecule has 11 atom stereocenters. The highest BCUT2D eigenvalue weighted by molar-refractivity contribution is 7.55. The number of phosphoric acid groups is 1. The van der Waals surface area contributed by atoms with Crippen molar-refractivity contribution >= 4 is 61.4 Å². The Hall–Kier alpha value is -10.4. The number of phosphoric ester groups is 1. The molecule has 4 fully saturated rings. The summed E-state index contributed by atoms with van der Waals surface area (Å²) in [6.45, 7) is 12.6. The third-order valence-corrected chi connectivity index (χ3v) is 29.6. The molecule has 10 heterocycles. The molecule has 0 amide bonds. The Bertz CT molecular complexity index is 5890. The van der Waals surface area contributed by atoms with Gasteiger partial charge in [0, 0.05) is 13.2 Å². The van der Waals surface area contributed by atoms with E-state index in [9.17, 15) is 35.1 Å². The van der Waals surface area contributed by atoms with E-state index in [0.717, 1.165) is 45.7 Å². The molecular weight excluding hydrogens is 1980 g/mol. The van der Waals surface area contributed by atoms with Crippen molar-refractivity contribution in [3.63, 3.8) is 0 Å². The van der Waals surface area contributed by atoms with Crippen LogP contribution in [0.1, 0.15) is 281 Å². The van der Waals surface area contributed by atoms with Gasteiger partial charge in [0.2, 0.25) is 11.2 Å². The van der Waals surface area contributed by atoms with Crippen LogP contribution in [0.5, 0.6) is 23.0 Å². The van der Waals surface area contributed by atoms with Gasteiger partial charge in [-0.1, -0.05) is 266 Å². The Morgan fingerprint density at radius 1 is 0.453 bits per heavy atom. The Labute approximate surface area is 878 Å². The number of ether oxygens (including phenoxy) is 12. The molecule has 148 heavy (non-hydrogen) atoms. The summed E-state index contributed by atoms with van der Waals surface area (Å²) in [5.41, 5.74) is 13.1. The molecule has 14 rings (SSSR count). The molecule has 42 heteroatoms. The molecule has 0 aliphatic carbocycles. The van der Waals surface area contributed by atoms with Crippen molar-refractivity contribution in [2.45, 2.75) is 332 Å². The number of unbranched alkanes of at least 4 members (excludes halogenated alkanes) is 30. The fourth-order valence-electron chi connectivity index (χ4n) is 18.0. The molecule has 0 spiro atoms. The third kappa shape index (κ3) is 33.8. The lowest BCUT2D eigenvalue weighted by molar-refractivity contribution is -0.204. The van der Waals surface area contributed by atoms with Crippen molar-refractivity contribution in [3.05, 3.63) is 191 Å². The molecule has 4 aliphatic heterocycles. The van der Waals surface area contributed by atoms with E-state index in [0.29, 0.717) is 82.3 Å². The fourth-order valence-corrected chi connectivity index (χ4v) is 21.2. The second-order valence-corrected chi connectivity index (χ2v) is 42.2. The van der Waals surface area contributed by atoms with Gasteiger partial charge >= 0.3 is 15.5 Å². The number of hydrogen-bond acceptors (Lipinski definition) is 34. The van der Waals surface area contributed by atoms with Gasteiger partial charge in [0.1, 0.15) is 145 Å². The van der Waals surface area contributed by atoms with E-state index in [4.69, 9.17) is 115 Å². The highest BCUT2D eigenvalue weighted by atomic mass is 35.5. The summed E-state index contributed by atoms with van der Waals surface area (Å²) >= 11 is 12.5. The SMILES string of the molecule is CC1(C)O[C@H]2[C@@H](O1)[C@](C#N)(c1ccc3c(N)ncnn13)O[C@@H]2CO.CCCCCCCCCCCCCCCCCCOC[C@H](CO)OCc1ccc(C#N)c(OC)c1.CCCCCCCCCCCCCCCCCCOC[C@H](COP(=O)(OC[C@H]1O[C@@](C#N)(c2ccc3c(N)ncnn23)[C@@H]2OC(C)(C)O[C@@H]21)Oc1ccccc1Cl)OCc1ccc(C#N)c(OC)c1.O=P(Oc1ccccc1Cl)(n1cncn1)n1cncn1. The average Bonchev–Trinajstić information content (AvgIpc) is 1.56. The second-order valence-electron chi connectivity index (χ2n) is 37.9. The number of methoxy groups -OCH3 is 2. The van der Waals surface area contributed by atoms with Gasteiger partial charge in [-0.05, 0) is 124 Å². The smallest absolute Gasteiger partial charge is 0.495 e. The maximum atomic E-state index is 14.9. The number of fused-ring (bicyclic) bond motifs is 4. The van der Waals surface area contributed by atoms with E-state index in [-0.39, 0.29) is 61.5 Å². The monoisotopic (exact) mass is 2120 g/mol. The van der Waals surface area contributed by atoms with Gasteiger partial charge in [-0.2, -0.15) is 31.2 Å². The van der Waals surface area contributed by atoms with Crippen LogP contribution in [0.3, 0.4) is 0 Å². The molecule has 4 aliphatic rings. The summed E-state index contributed by atoms with van der Waals surface area (Å²) in [5, 5.41) is 75.3. The molecule has 1 unspecified atom stereocenters. The van der Waals surface area contributed by atoms with E-state index in [1.807, 2.05) is 6.07 Å². The zero-order chi connectivity index (χ0) is 106. The number of para-hydroxylation sites is 2. The molecule has 6 N–H and O–H groups in total. The summed E-state index contributed by atoms with van der Waals surface area (Å²) < 4.78 is 128. The molecule has 0 bridgehead atoms. The molecule has 0 saturated carbocycles. The first-order chi connectivity index (χ1) is 71.8. The summed E-state index contributed by atoms with van der Waals surface area (Å²) in [4.78, 5) is 15.5. The van der Waals surface area contributed by atoms with Crippen molar-refractivity contribution in [3.8, 4) is 47.3 Å². The second kappa shape index (κ2) is 60.6. The summed E-state index contributed by atoms with van der Waals surface area (Å²) in [6.07, 6.45) is 43.9. The lowest BCUT2D eigenvalue weighted by Crippen LogP contribution is -2.40. The van der Waals surface area contributed by atoms with E-state index in [1.165, 1.54) is 234 Å². The number of nitrogens with zero attached hydrogens (tertiary/aromatic N) is 16. The lowest BCUT2D eigenvalue weighted by Gasteiger charge is -2.29. The minimum Gasteiger partial charge on any atom is -0.495 e. The zero-order valence-corrected chi connectivity index (χ0v) is 89.7. The van der Waals surface area contributed by atoms with E-state index >= 15 is 0 Å². The molecule has 804 valence electrons. The van der Waals surface area contributed by atoms with Gasteiger partial charge in [0.05, 0.1) is 99.6 Å². The first-order valence-corrected chi connectivity index (χ1v) is 55.5. The van der Waals surface area contributed by atoms with Gasteiger partial charge in [-0.3, -0.25) is 9.05 Å². The van der Waals surface area contributed by atoms with Gasteiger partial charge in [0.25, 0.3) is 0 Å². The number of aliphatic hydroxyl groups excluding tert-OH is 2. The van der Waals surface area contributed by atoms with Gasteiger partial charge < -0.3 is 87.6 Å². The number of aliphatic hydroxyl groups is 2. The number of rotatable bonds is 62. The first-order valence-electron chi connectivity index (χ1n) is 51.7. The Balaban J connectivity index is 0.000000215. The minimum atomic E-state index is -4.57. The molecule has 4 aromatic carbocycles. The molecule has 38 nitrogen and oxygen atoms in total. The number of anilines is 2. The quantitative estimate of drug-likeness (QED) is 0.0203. The number of benzene rings is 4. The van der Waals surface area contributed by atoms with Crippen LogP contribution >= 0.6 is 38.7 Å². The topological polar surface area (TPSA) is 491 Å². The van der Waals surface area contributed by atoms with Crippen LogP contribution in [0.2, 0.25) is 10.0 Å². The standard InChI is InChI=1S/C51H70ClN6O10P.C30H51NO4.C15H17N5O4.C10H8ClN6O2P/c1-5-6-7-8-9-10-11-12-13-14-15-16-17-18-19-22-29-61-33-40(62-32-38-25-26-39(31-53)44(30-38)60-4)34-63-69(59,68-43-24-21-20-23-41(43)52)64-35-45-47-48(67-50(2,3)66-47)51(36-54,65-45)46-28-27-42-49(55)56-37-57-58(42)46;1-3-4-5-6-7-8-9-10-11-12-13-14-15-16-17-18-21-34-26-29(24-32)35-25-27-19-20-28(23-31)30(22-27)33-2;1-14(2)23-11-9(5-21)22-15(6-16,12(11)24-14)10-4-3-8-13(17)18-7-19-20(8)10;11-9-3-1-2-4-10(9)19-20(18,16-7-12-5-14-16)17-8-13-6-15-17/h20-21,23-28,30,37,40,45,47-48H,5-19,22,29,32-35H2,1-4H3,(H2,55,56,57);19-20,22,29,32H,3-18,21,24-26H2,1-2H3;3-4,7,9,11-12,21H,5H2,1-2H3,(H2,17,18,19);1-8H/t40-,45-,47-,48-,51+,69?;29-;9-,11-,12-,15+;/m101./s1. The average molecular weight is 2130 g/mol. The van der Waals surface area contributed by atoms with Crippen molar-refractivity contribution in [1.29, 1.82) is 21.0 Å². The number of halogens is 2. The molecule has 10 aromatic rings. The Kier molecular flexibility index (Phi) is 48.3. The normalized spacial score (nSPS) is 19.6. The summed E-state index contributed by atoms with van der Waals surface area (Å²) in [6, 6.07) is 39.2. The van der Waals surface area contributed by atoms with Gasteiger partial charge in [-0.15, -0.1) is 19.1 Å². The molecule has 0 radical (unpaired) electrons. The van der Waals surface area contributed by atoms with Crippen LogP contribution < -0.4 is 30.0 Å². The number of nitrogen functional groups attached to an aromatic ring is 2. The molecule has 6 aromatic heterocycles. The van der Waals surface area contributed by atoms with Crippen LogP contribution in [0, 0.1) is 45.3 Å². The minimum absolute atomic E-state index is 0.0551. The summed E-state index contributed by atoms with van der Waals surface area (Å²) in [7, 11) is -5.21. The highest BCUT2D eigenvalue weighted by Gasteiger charge is 2.67. The van der Waals surface area contributed by atoms with Crippen molar-refractivity contribution in [2.24, 2.45) is 0 Å². The van der Waals surface area contributed by atoms with Crippen molar-refractivity contribution in [1.82, 2.24) is 58.3 Å². The largest absolute Gasteiger partial charge is 0.530 e. The zero-order valence-electron chi connectivity index (χ0n) is 86.4. The maximum Gasteiger partial charge on any atom is 0.530 e. The summed E-state index contributed by atoms with van der Waals surface area (Å²) in [5.74, 6) is -0.239. The first kappa shape index (κ1) is 118. The maximum absolute atomic E-state index is 14.9. The van der Waals surface area contributed by atoms with Gasteiger partial charge in [-0.25, -0.2) is 38.1 Å². The van der Waals surface area contributed by atoms with Crippen LogP contribution in [0.15, 0.2) is 147 Å². The highest BCUT2D eigenvalue weighted by Crippen LogP contribution is 2.56. The third-order valence-electron chi connectivity index (χ3n) is 25.8. The van der Waals surface area contributed by atoms with E-state index < -0.39 is 87.6 Å². The predicted molar refractivity (Wildman–Crippen MR) is 556 cm³/mol. The number of aromatic nitrogens is 12. The Morgan fingerprint density at radius 3 is 1.23 bits per heavy atom. The van der Waals surface area contributed by atoms with Gasteiger partial charge in [0.15, 0.2) is 23.2 Å². The lowest BCUT2D eigenvalue weighted by atomic mass is 9.92. The predicted octanol–water partition coefficient (Wildman–Crippen LogP) is 21.3. The number of nitriles is 4.